The van der Waals surface area contributed by atoms with Crippen LogP contribution in [0.1, 0.15) is 0 Å². The van der Waals surface area contributed by atoms with Crippen LogP contribution >= 0.6 is 12.4 Å². The minimum atomic E-state index is 0. The van der Waals surface area contributed by atoms with Gasteiger partial charge in [-0.3, -0.25) is 4.79 Å². The van der Waals surface area contributed by atoms with Crippen molar-refractivity contribution in [1.82, 2.24) is 10.2 Å². The van der Waals surface area contributed by atoms with Gasteiger partial charge in [-0.25, -0.2) is 0 Å². The molecule has 2 rings (SSSR count). The molecular weight excluding hydrogens is 306 g/mol. The number of methoxy groups -OCH3 is 1. The zero-order chi connectivity index (χ0) is 15.1. The number of nitrogens with one attached hydrogen (secondary N) is 1. The Balaban J connectivity index is 0.00000242. The highest BCUT2D eigenvalue weighted by Crippen LogP contribution is 2.27. The molecule has 1 aromatic rings. The van der Waals surface area contributed by atoms with Crippen molar-refractivity contribution in [2.24, 2.45) is 0 Å². The number of rotatable bonds is 6. The number of ether oxygens (including phenoxy) is 1. The molecule has 7 heteroatoms. The molecule has 0 atom stereocenters. The van der Waals surface area contributed by atoms with E-state index in [1.807, 2.05) is 23.1 Å². The number of phenolic OH excluding ortho intramolecular Hbond substituents is 1. The van der Waals surface area contributed by atoms with Crippen LogP contribution in [-0.4, -0.2) is 68.9 Å². The Morgan fingerprint density at radius 2 is 1.95 bits per heavy atom. The molecule has 1 fully saturated rings. The highest BCUT2D eigenvalue weighted by Gasteiger charge is 2.21. The maximum atomic E-state index is 12.0. The monoisotopic (exact) mass is 329 g/mol. The zero-order valence-electron chi connectivity index (χ0n) is 12.8. The van der Waals surface area contributed by atoms with Crippen LogP contribution in [0.15, 0.2) is 24.3 Å². The van der Waals surface area contributed by atoms with Crippen molar-refractivity contribution in [1.29, 1.82) is 0 Å². The first-order valence-corrected chi connectivity index (χ1v) is 7.22. The molecule has 6 nitrogen and oxygen atoms in total. The van der Waals surface area contributed by atoms with Crippen molar-refractivity contribution < 1.29 is 14.6 Å². The van der Waals surface area contributed by atoms with Gasteiger partial charge in [0, 0.05) is 39.8 Å². The summed E-state index contributed by atoms with van der Waals surface area (Å²) in [5, 5.41) is 12.9. The van der Waals surface area contributed by atoms with Crippen molar-refractivity contribution in [3.8, 4) is 5.75 Å². The number of carbonyl (C=O) groups excluding carboxylic acids is 1. The smallest absolute Gasteiger partial charge is 0.236 e. The average molecular weight is 330 g/mol. The van der Waals surface area contributed by atoms with Crippen LogP contribution in [0.4, 0.5) is 5.69 Å². The molecule has 1 aromatic carbocycles. The summed E-state index contributed by atoms with van der Waals surface area (Å²) >= 11 is 0. The summed E-state index contributed by atoms with van der Waals surface area (Å²) in [6.07, 6.45) is 0. The Morgan fingerprint density at radius 3 is 2.59 bits per heavy atom. The lowest BCUT2D eigenvalue weighted by atomic mass is 10.2. The van der Waals surface area contributed by atoms with E-state index >= 15 is 0 Å². The molecule has 22 heavy (non-hydrogen) atoms. The fourth-order valence-corrected chi connectivity index (χ4v) is 2.41. The molecule has 1 aliphatic heterocycles. The second-order valence-electron chi connectivity index (χ2n) is 5.03. The van der Waals surface area contributed by atoms with Crippen molar-refractivity contribution in [2.45, 2.75) is 0 Å². The first-order chi connectivity index (χ1) is 10.2. The predicted octanol–water partition coefficient (Wildman–Crippen LogP) is 0.699. The quantitative estimate of drug-likeness (QED) is 0.752. The van der Waals surface area contributed by atoms with Crippen molar-refractivity contribution >= 4 is 24.0 Å². The molecule has 0 radical (unpaired) electrons. The SMILES string of the molecule is COCCNCC(=O)N1CCN(c2ccccc2O)CC1.Cl. The van der Waals surface area contributed by atoms with E-state index in [-0.39, 0.29) is 18.3 Å². The number of amides is 1. The molecular formula is C15H24ClN3O3. The Morgan fingerprint density at radius 1 is 1.27 bits per heavy atom. The second kappa shape index (κ2) is 9.50. The van der Waals surface area contributed by atoms with Gasteiger partial charge in [0.2, 0.25) is 5.91 Å². The maximum absolute atomic E-state index is 12.0. The van der Waals surface area contributed by atoms with Crippen LogP contribution < -0.4 is 10.2 Å². The number of hydrogen-bond donors (Lipinski definition) is 2. The number of halogens is 1. The summed E-state index contributed by atoms with van der Waals surface area (Å²) in [7, 11) is 1.64. The van der Waals surface area contributed by atoms with Crippen LogP contribution in [0.25, 0.3) is 0 Å². The highest BCUT2D eigenvalue weighted by atomic mass is 35.5. The fraction of sp³-hybridized carbons (Fsp3) is 0.533. The number of aromatic hydroxyl groups is 1. The van der Waals surface area contributed by atoms with Gasteiger partial charge in [-0.2, -0.15) is 0 Å². The molecule has 2 N–H and O–H groups in total. The standard InChI is InChI=1S/C15H23N3O3.ClH/c1-21-11-6-16-12-15(20)18-9-7-17(8-10-18)13-4-2-3-5-14(13)19;/h2-5,16,19H,6-12H2,1H3;1H. The molecule has 124 valence electrons. The van der Waals surface area contributed by atoms with Gasteiger partial charge in [-0.15, -0.1) is 12.4 Å². The summed E-state index contributed by atoms with van der Waals surface area (Å²) in [6.45, 7) is 4.47. The third-order valence-electron chi connectivity index (χ3n) is 3.61. The Hall–Kier alpha value is -1.50. The van der Waals surface area contributed by atoms with Gasteiger partial charge in [0.15, 0.2) is 0 Å². The third kappa shape index (κ3) is 5.05. The molecule has 0 bridgehead atoms. The van der Waals surface area contributed by atoms with E-state index in [4.69, 9.17) is 4.74 Å². The van der Waals surface area contributed by atoms with E-state index < -0.39 is 0 Å². The fourth-order valence-electron chi connectivity index (χ4n) is 2.41. The minimum absolute atomic E-state index is 0. The predicted molar refractivity (Wildman–Crippen MR) is 88.9 cm³/mol. The van der Waals surface area contributed by atoms with E-state index in [2.05, 4.69) is 10.2 Å². The van der Waals surface area contributed by atoms with Crippen molar-refractivity contribution in [3.05, 3.63) is 24.3 Å². The number of carbonyl (C=O) groups is 1. The lowest BCUT2D eigenvalue weighted by molar-refractivity contribution is -0.130. The van der Waals surface area contributed by atoms with Crippen LogP contribution in [0.5, 0.6) is 5.75 Å². The van der Waals surface area contributed by atoms with Gasteiger partial charge >= 0.3 is 0 Å². The second-order valence-corrected chi connectivity index (χ2v) is 5.03. The normalized spacial score (nSPS) is 14.6. The third-order valence-corrected chi connectivity index (χ3v) is 3.61. The molecule has 1 saturated heterocycles. The van der Waals surface area contributed by atoms with E-state index in [0.717, 1.165) is 18.8 Å². The number of para-hydroxylation sites is 2. The molecule has 1 aliphatic rings. The Labute approximate surface area is 137 Å². The highest BCUT2D eigenvalue weighted by molar-refractivity contribution is 5.85. The van der Waals surface area contributed by atoms with Gasteiger partial charge in [-0.05, 0) is 12.1 Å². The van der Waals surface area contributed by atoms with Crippen molar-refractivity contribution in [3.63, 3.8) is 0 Å². The number of nitrogens with zero attached hydrogens (tertiary/aromatic N) is 2. The van der Waals surface area contributed by atoms with Gasteiger partial charge in [0.25, 0.3) is 0 Å². The van der Waals surface area contributed by atoms with E-state index in [0.29, 0.717) is 38.5 Å². The maximum Gasteiger partial charge on any atom is 0.236 e. The summed E-state index contributed by atoms with van der Waals surface area (Å²) in [5.41, 5.74) is 0.836. The number of anilines is 1. The summed E-state index contributed by atoms with van der Waals surface area (Å²) in [4.78, 5) is 16.0. The Bertz CT molecular complexity index is 465. The first kappa shape index (κ1) is 18.5. The van der Waals surface area contributed by atoms with E-state index in [9.17, 15) is 9.90 Å². The first-order valence-electron chi connectivity index (χ1n) is 7.22. The molecule has 0 saturated carbocycles. The average Bonchev–Trinajstić information content (AvgIpc) is 2.52. The molecule has 0 aliphatic carbocycles. The van der Waals surface area contributed by atoms with E-state index in [1.165, 1.54) is 0 Å². The lowest BCUT2D eigenvalue weighted by Crippen LogP contribution is -2.51. The van der Waals surface area contributed by atoms with Gasteiger partial charge in [-0.1, -0.05) is 12.1 Å². The zero-order valence-corrected chi connectivity index (χ0v) is 13.6. The van der Waals surface area contributed by atoms with Gasteiger partial charge in [0.1, 0.15) is 5.75 Å². The number of benzene rings is 1. The number of piperazine rings is 1. The molecule has 1 heterocycles. The summed E-state index contributed by atoms with van der Waals surface area (Å²) in [6, 6.07) is 7.31. The van der Waals surface area contributed by atoms with Gasteiger partial charge < -0.3 is 25.0 Å². The van der Waals surface area contributed by atoms with Crippen LogP contribution in [-0.2, 0) is 9.53 Å². The number of phenols is 1. The summed E-state index contributed by atoms with van der Waals surface area (Å²) in [5.74, 6) is 0.404. The molecule has 0 spiro atoms. The van der Waals surface area contributed by atoms with Crippen LogP contribution in [0.2, 0.25) is 0 Å². The number of hydrogen-bond acceptors (Lipinski definition) is 5. The minimum Gasteiger partial charge on any atom is -0.506 e. The van der Waals surface area contributed by atoms with Crippen LogP contribution in [0, 0.1) is 0 Å². The molecule has 1 amide bonds. The van der Waals surface area contributed by atoms with Gasteiger partial charge in [0.05, 0.1) is 18.8 Å². The lowest BCUT2D eigenvalue weighted by Gasteiger charge is -2.36. The van der Waals surface area contributed by atoms with Crippen molar-refractivity contribution in [2.75, 3.05) is 57.9 Å². The Kier molecular flexibility index (Phi) is 8.01. The topological polar surface area (TPSA) is 65.0 Å². The molecule has 0 unspecified atom stereocenters. The molecule has 0 aromatic heterocycles. The van der Waals surface area contributed by atoms with E-state index in [1.54, 1.807) is 13.2 Å². The summed E-state index contributed by atoms with van der Waals surface area (Å²) < 4.78 is 4.93. The van der Waals surface area contributed by atoms with Crippen LogP contribution in [0.3, 0.4) is 0 Å². The largest absolute Gasteiger partial charge is 0.506 e.